The SMILES string of the molecule is CCCCC(C)n1cc(Cl)cc1C(=O)O. The third-order valence-electron chi connectivity index (χ3n) is 2.48. The van der Waals surface area contributed by atoms with Crippen molar-refractivity contribution in [3.8, 4) is 0 Å². The van der Waals surface area contributed by atoms with Gasteiger partial charge in [-0.15, -0.1) is 0 Å². The highest BCUT2D eigenvalue weighted by Crippen LogP contribution is 2.22. The lowest BCUT2D eigenvalue weighted by molar-refractivity contribution is 0.0682. The van der Waals surface area contributed by atoms with Crippen molar-refractivity contribution in [2.24, 2.45) is 0 Å². The van der Waals surface area contributed by atoms with Gasteiger partial charge < -0.3 is 9.67 Å². The summed E-state index contributed by atoms with van der Waals surface area (Å²) in [6, 6.07) is 1.68. The third-order valence-corrected chi connectivity index (χ3v) is 2.69. The fraction of sp³-hybridized carbons (Fsp3) is 0.545. The van der Waals surface area contributed by atoms with Crippen LogP contribution in [-0.4, -0.2) is 15.6 Å². The van der Waals surface area contributed by atoms with Crippen LogP contribution in [-0.2, 0) is 0 Å². The lowest BCUT2D eigenvalue weighted by Crippen LogP contribution is -2.11. The molecule has 1 unspecified atom stereocenters. The number of aromatic carboxylic acids is 1. The molecule has 0 fully saturated rings. The summed E-state index contributed by atoms with van der Waals surface area (Å²) in [5.74, 6) is -0.926. The summed E-state index contributed by atoms with van der Waals surface area (Å²) < 4.78 is 1.74. The molecular formula is C11H16ClNO2. The van der Waals surface area contributed by atoms with Crippen LogP contribution in [0.5, 0.6) is 0 Å². The Morgan fingerprint density at radius 2 is 2.33 bits per heavy atom. The Kier molecular flexibility index (Phi) is 4.21. The first kappa shape index (κ1) is 12.1. The quantitative estimate of drug-likeness (QED) is 0.839. The number of hydrogen-bond acceptors (Lipinski definition) is 1. The number of unbranched alkanes of at least 4 members (excludes halogenated alkanes) is 1. The molecule has 0 bridgehead atoms. The zero-order valence-corrected chi connectivity index (χ0v) is 9.79. The number of carbonyl (C=O) groups is 1. The van der Waals surface area contributed by atoms with Crippen LogP contribution in [0.25, 0.3) is 0 Å². The molecule has 0 aromatic carbocycles. The highest BCUT2D eigenvalue weighted by atomic mass is 35.5. The topological polar surface area (TPSA) is 42.2 Å². The zero-order valence-electron chi connectivity index (χ0n) is 9.03. The first-order valence-corrected chi connectivity index (χ1v) is 5.54. The number of carboxylic acid groups (broad SMARTS) is 1. The molecule has 0 radical (unpaired) electrons. The van der Waals surface area contributed by atoms with E-state index in [0.717, 1.165) is 19.3 Å². The molecule has 1 N–H and O–H groups in total. The highest BCUT2D eigenvalue weighted by Gasteiger charge is 2.15. The molecule has 0 saturated heterocycles. The standard InChI is InChI=1S/C11H16ClNO2/c1-3-4-5-8(2)13-7-9(12)6-10(13)11(14)15/h6-8H,3-5H2,1-2H3,(H,14,15). The second-order valence-electron chi connectivity index (χ2n) is 3.75. The minimum Gasteiger partial charge on any atom is -0.477 e. The fourth-order valence-corrected chi connectivity index (χ4v) is 1.83. The van der Waals surface area contributed by atoms with E-state index >= 15 is 0 Å². The van der Waals surface area contributed by atoms with Gasteiger partial charge in [0.15, 0.2) is 0 Å². The molecule has 0 amide bonds. The molecule has 0 aliphatic carbocycles. The monoisotopic (exact) mass is 229 g/mol. The van der Waals surface area contributed by atoms with E-state index < -0.39 is 5.97 Å². The molecule has 1 atom stereocenters. The Hall–Kier alpha value is -0.960. The Balaban J connectivity index is 2.86. The maximum absolute atomic E-state index is 10.9. The van der Waals surface area contributed by atoms with Crippen molar-refractivity contribution >= 4 is 17.6 Å². The van der Waals surface area contributed by atoms with Crippen LogP contribution in [0.1, 0.15) is 49.6 Å². The molecular weight excluding hydrogens is 214 g/mol. The maximum Gasteiger partial charge on any atom is 0.352 e. The maximum atomic E-state index is 10.9. The normalized spacial score (nSPS) is 12.7. The smallest absolute Gasteiger partial charge is 0.352 e. The average Bonchev–Trinajstić information content (AvgIpc) is 2.57. The number of rotatable bonds is 5. The molecule has 4 heteroatoms. The lowest BCUT2D eigenvalue weighted by atomic mass is 10.1. The van der Waals surface area contributed by atoms with Crippen LogP contribution < -0.4 is 0 Å². The van der Waals surface area contributed by atoms with Crippen molar-refractivity contribution in [2.45, 2.75) is 39.2 Å². The number of halogens is 1. The highest BCUT2D eigenvalue weighted by molar-refractivity contribution is 6.30. The van der Waals surface area contributed by atoms with Gasteiger partial charge >= 0.3 is 5.97 Å². The van der Waals surface area contributed by atoms with E-state index in [0.29, 0.717) is 5.02 Å². The van der Waals surface area contributed by atoms with Gasteiger partial charge in [-0.25, -0.2) is 4.79 Å². The van der Waals surface area contributed by atoms with Crippen molar-refractivity contribution in [2.75, 3.05) is 0 Å². The van der Waals surface area contributed by atoms with Crippen molar-refractivity contribution in [1.82, 2.24) is 4.57 Å². The molecule has 1 rings (SSSR count). The van der Waals surface area contributed by atoms with E-state index in [-0.39, 0.29) is 11.7 Å². The second-order valence-corrected chi connectivity index (χ2v) is 4.18. The van der Waals surface area contributed by atoms with Gasteiger partial charge in [-0.1, -0.05) is 31.4 Å². The molecule has 0 saturated carbocycles. The molecule has 1 heterocycles. The largest absolute Gasteiger partial charge is 0.477 e. The summed E-state index contributed by atoms with van der Waals surface area (Å²) in [5, 5.41) is 9.46. The van der Waals surface area contributed by atoms with Crippen LogP contribution in [0.2, 0.25) is 5.02 Å². The molecule has 3 nitrogen and oxygen atoms in total. The van der Waals surface area contributed by atoms with Gasteiger partial charge in [0.1, 0.15) is 5.69 Å². The fourth-order valence-electron chi connectivity index (χ4n) is 1.62. The van der Waals surface area contributed by atoms with E-state index in [1.54, 1.807) is 10.8 Å². The number of nitrogens with zero attached hydrogens (tertiary/aromatic N) is 1. The van der Waals surface area contributed by atoms with Crippen molar-refractivity contribution < 1.29 is 9.90 Å². The molecule has 15 heavy (non-hydrogen) atoms. The molecule has 0 spiro atoms. The minimum absolute atomic E-state index is 0.184. The Morgan fingerprint density at radius 1 is 1.67 bits per heavy atom. The predicted molar refractivity (Wildman–Crippen MR) is 60.6 cm³/mol. The van der Waals surface area contributed by atoms with E-state index in [4.69, 9.17) is 16.7 Å². The zero-order chi connectivity index (χ0) is 11.4. The van der Waals surface area contributed by atoms with Gasteiger partial charge in [-0.2, -0.15) is 0 Å². The summed E-state index contributed by atoms with van der Waals surface area (Å²) in [7, 11) is 0. The Bertz CT molecular complexity index is 346. The molecule has 84 valence electrons. The van der Waals surface area contributed by atoms with Gasteiger partial charge in [0.05, 0.1) is 5.02 Å². The van der Waals surface area contributed by atoms with E-state index in [2.05, 4.69) is 6.92 Å². The summed E-state index contributed by atoms with van der Waals surface area (Å²) in [4.78, 5) is 10.9. The number of carboxylic acids is 1. The summed E-state index contributed by atoms with van der Waals surface area (Å²) in [6.45, 7) is 4.13. The predicted octanol–water partition coefficient (Wildman–Crippen LogP) is 3.59. The summed E-state index contributed by atoms with van der Waals surface area (Å²) in [6.07, 6.45) is 4.87. The number of hydrogen-bond donors (Lipinski definition) is 1. The van der Waals surface area contributed by atoms with Crippen molar-refractivity contribution in [1.29, 1.82) is 0 Å². The average molecular weight is 230 g/mol. The summed E-state index contributed by atoms with van der Waals surface area (Å²) >= 11 is 5.80. The van der Waals surface area contributed by atoms with E-state index in [1.165, 1.54) is 6.07 Å². The Labute approximate surface area is 94.7 Å². The Morgan fingerprint density at radius 3 is 2.87 bits per heavy atom. The molecule has 0 aliphatic heterocycles. The molecule has 0 aliphatic rings. The van der Waals surface area contributed by atoms with Gasteiger partial charge in [0.2, 0.25) is 0 Å². The summed E-state index contributed by atoms with van der Waals surface area (Å²) in [5.41, 5.74) is 0.267. The van der Waals surface area contributed by atoms with Gasteiger partial charge in [0.25, 0.3) is 0 Å². The van der Waals surface area contributed by atoms with Gasteiger partial charge in [0, 0.05) is 12.2 Å². The van der Waals surface area contributed by atoms with Crippen LogP contribution in [0.3, 0.4) is 0 Å². The first-order chi connectivity index (χ1) is 7.06. The lowest BCUT2D eigenvalue weighted by Gasteiger charge is -2.15. The van der Waals surface area contributed by atoms with Crippen LogP contribution in [0.15, 0.2) is 12.3 Å². The minimum atomic E-state index is -0.926. The van der Waals surface area contributed by atoms with Crippen LogP contribution >= 0.6 is 11.6 Å². The van der Waals surface area contributed by atoms with Gasteiger partial charge in [-0.05, 0) is 19.4 Å². The van der Waals surface area contributed by atoms with E-state index in [1.807, 2.05) is 6.92 Å². The third kappa shape index (κ3) is 2.99. The van der Waals surface area contributed by atoms with Gasteiger partial charge in [-0.3, -0.25) is 0 Å². The second kappa shape index (κ2) is 5.21. The van der Waals surface area contributed by atoms with Crippen molar-refractivity contribution in [3.05, 3.63) is 23.0 Å². The first-order valence-electron chi connectivity index (χ1n) is 5.17. The number of aromatic nitrogens is 1. The van der Waals surface area contributed by atoms with E-state index in [9.17, 15) is 4.79 Å². The van der Waals surface area contributed by atoms with Crippen molar-refractivity contribution in [3.63, 3.8) is 0 Å². The molecule has 1 aromatic heterocycles. The molecule has 1 aromatic rings. The van der Waals surface area contributed by atoms with Crippen LogP contribution in [0, 0.1) is 0 Å². The van der Waals surface area contributed by atoms with Crippen LogP contribution in [0.4, 0.5) is 0 Å².